The summed E-state index contributed by atoms with van der Waals surface area (Å²) in [7, 11) is 0. The van der Waals surface area contributed by atoms with Gasteiger partial charge in [0.05, 0.1) is 5.92 Å². The SMILES string of the molecule is Cl.O=C(NCC12CC3CC(CC(C3)C1)C2)C1CCNC1. The second-order valence-corrected chi connectivity index (χ2v) is 7.83. The molecular weight excluding hydrogens is 272 g/mol. The predicted octanol–water partition coefficient (Wildman–Crippen LogP) is 2.35. The molecule has 4 heteroatoms. The fraction of sp³-hybridized carbons (Fsp3) is 0.938. The third-order valence-electron chi connectivity index (χ3n) is 6.23. The maximum absolute atomic E-state index is 12.2. The first-order valence-corrected chi connectivity index (χ1v) is 8.21. The van der Waals surface area contributed by atoms with Crippen LogP contribution in [0, 0.1) is 29.1 Å². The van der Waals surface area contributed by atoms with Crippen molar-refractivity contribution in [2.75, 3.05) is 19.6 Å². The number of hydrogen-bond acceptors (Lipinski definition) is 2. The van der Waals surface area contributed by atoms with Crippen molar-refractivity contribution in [3.05, 3.63) is 0 Å². The molecule has 2 N–H and O–H groups in total. The highest BCUT2D eigenvalue weighted by molar-refractivity contribution is 5.85. The fourth-order valence-electron chi connectivity index (χ4n) is 5.80. The summed E-state index contributed by atoms with van der Waals surface area (Å²) in [6.45, 7) is 2.86. The zero-order valence-corrected chi connectivity index (χ0v) is 13.0. The lowest BCUT2D eigenvalue weighted by Crippen LogP contribution is -2.51. The van der Waals surface area contributed by atoms with Gasteiger partial charge in [0.1, 0.15) is 0 Å². The molecule has 4 aliphatic carbocycles. The lowest BCUT2D eigenvalue weighted by molar-refractivity contribution is -0.126. The van der Waals surface area contributed by atoms with Gasteiger partial charge in [-0.3, -0.25) is 4.79 Å². The van der Waals surface area contributed by atoms with Crippen LogP contribution in [0.1, 0.15) is 44.9 Å². The molecule has 1 atom stereocenters. The van der Waals surface area contributed by atoms with E-state index >= 15 is 0 Å². The molecule has 4 saturated carbocycles. The molecule has 1 aliphatic heterocycles. The van der Waals surface area contributed by atoms with Gasteiger partial charge in [0.2, 0.25) is 5.91 Å². The molecule has 0 aromatic rings. The highest BCUT2D eigenvalue weighted by Gasteiger charge is 2.50. The topological polar surface area (TPSA) is 41.1 Å². The summed E-state index contributed by atoms with van der Waals surface area (Å²) in [6, 6.07) is 0. The molecular formula is C16H27ClN2O. The molecule has 0 aromatic carbocycles. The van der Waals surface area contributed by atoms with Crippen LogP contribution in [0.3, 0.4) is 0 Å². The molecule has 4 bridgehead atoms. The zero-order valence-electron chi connectivity index (χ0n) is 12.2. The van der Waals surface area contributed by atoms with Gasteiger partial charge in [-0.05, 0) is 74.7 Å². The number of amides is 1. The van der Waals surface area contributed by atoms with E-state index in [2.05, 4.69) is 10.6 Å². The Morgan fingerprint density at radius 1 is 1.10 bits per heavy atom. The predicted molar refractivity (Wildman–Crippen MR) is 81.8 cm³/mol. The molecule has 5 rings (SSSR count). The van der Waals surface area contributed by atoms with Gasteiger partial charge < -0.3 is 10.6 Å². The van der Waals surface area contributed by atoms with Crippen LogP contribution >= 0.6 is 12.4 Å². The Morgan fingerprint density at radius 3 is 2.20 bits per heavy atom. The molecule has 5 fully saturated rings. The van der Waals surface area contributed by atoms with E-state index in [1.54, 1.807) is 0 Å². The largest absolute Gasteiger partial charge is 0.355 e. The van der Waals surface area contributed by atoms with Gasteiger partial charge in [-0.2, -0.15) is 0 Å². The Bertz CT molecular complexity index is 343. The molecule has 1 amide bonds. The highest BCUT2D eigenvalue weighted by Crippen LogP contribution is 2.59. The molecule has 0 radical (unpaired) electrons. The van der Waals surface area contributed by atoms with Crippen LogP contribution in [0.5, 0.6) is 0 Å². The second kappa shape index (κ2) is 5.49. The van der Waals surface area contributed by atoms with Crippen LogP contribution < -0.4 is 10.6 Å². The molecule has 1 unspecified atom stereocenters. The Kier molecular flexibility index (Phi) is 4.02. The van der Waals surface area contributed by atoms with Crippen molar-refractivity contribution in [1.29, 1.82) is 0 Å². The summed E-state index contributed by atoms with van der Waals surface area (Å²) < 4.78 is 0. The van der Waals surface area contributed by atoms with Gasteiger partial charge in [0, 0.05) is 13.1 Å². The van der Waals surface area contributed by atoms with Gasteiger partial charge in [0.15, 0.2) is 0 Å². The van der Waals surface area contributed by atoms with E-state index < -0.39 is 0 Å². The Hall–Kier alpha value is -0.280. The van der Waals surface area contributed by atoms with Gasteiger partial charge in [-0.15, -0.1) is 12.4 Å². The molecule has 1 saturated heterocycles. The maximum atomic E-state index is 12.2. The average Bonchev–Trinajstić information content (AvgIpc) is 2.88. The quantitative estimate of drug-likeness (QED) is 0.840. The van der Waals surface area contributed by atoms with Gasteiger partial charge in [-0.1, -0.05) is 0 Å². The van der Waals surface area contributed by atoms with Crippen LogP contribution in [-0.2, 0) is 4.79 Å². The molecule has 114 valence electrons. The molecule has 0 aromatic heterocycles. The van der Waals surface area contributed by atoms with E-state index in [9.17, 15) is 4.79 Å². The van der Waals surface area contributed by atoms with Crippen LogP contribution in [0.25, 0.3) is 0 Å². The Balaban J connectivity index is 0.00000121. The molecule has 5 aliphatic rings. The third kappa shape index (κ3) is 2.59. The van der Waals surface area contributed by atoms with E-state index in [0.29, 0.717) is 11.3 Å². The van der Waals surface area contributed by atoms with Crippen molar-refractivity contribution in [2.24, 2.45) is 29.1 Å². The summed E-state index contributed by atoms with van der Waals surface area (Å²) in [5, 5.41) is 6.59. The minimum absolute atomic E-state index is 0. The van der Waals surface area contributed by atoms with Crippen molar-refractivity contribution in [2.45, 2.75) is 44.9 Å². The standard InChI is InChI=1S/C16H26N2O.ClH/c19-15(14-1-2-17-9-14)18-10-16-6-11-3-12(7-16)5-13(4-11)8-16;/h11-14,17H,1-10H2,(H,18,19);1H. The van der Waals surface area contributed by atoms with Crippen LogP contribution in [0.4, 0.5) is 0 Å². The summed E-state index contributed by atoms with van der Waals surface area (Å²) in [5.74, 6) is 3.48. The fourth-order valence-corrected chi connectivity index (χ4v) is 5.80. The van der Waals surface area contributed by atoms with E-state index in [-0.39, 0.29) is 18.3 Å². The van der Waals surface area contributed by atoms with Crippen molar-refractivity contribution in [1.82, 2.24) is 10.6 Å². The minimum Gasteiger partial charge on any atom is -0.355 e. The van der Waals surface area contributed by atoms with Crippen LogP contribution in [-0.4, -0.2) is 25.5 Å². The second-order valence-electron chi connectivity index (χ2n) is 7.83. The Labute approximate surface area is 128 Å². The first-order valence-electron chi connectivity index (χ1n) is 8.21. The summed E-state index contributed by atoms with van der Waals surface area (Å²) >= 11 is 0. The normalized spacial score (nSPS) is 45.2. The van der Waals surface area contributed by atoms with Gasteiger partial charge >= 0.3 is 0 Å². The van der Waals surface area contributed by atoms with Crippen LogP contribution in [0.15, 0.2) is 0 Å². The Morgan fingerprint density at radius 2 is 1.70 bits per heavy atom. The van der Waals surface area contributed by atoms with Crippen molar-refractivity contribution in [3.8, 4) is 0 Å². The number of rotatable bonds is 3. The van der Waals surface area contributed by atoms with Gasteiger partial charge in [-0.25, -0.2) is 0 Å². The zero-order chi connectivity index (χ0) is 12.9. The molecule has 3 nitrogen and oxygen atoms in total. The van der Waals surface area contributed by atoms with E-state index in [1.807, 2.05) is 0 Å². The monoisotopic (exact) mass is 298 g/mol. The number of carbonyl (C=O) groups is 1. The molecule has 1 heterocycles. The number of hydrogen-bond donors (Lipinski definition) is 2. The third-order valence-corrected chi connectivity index (χ3v) is 6.23. The highest BCUT2D eigenvalue weighted by atomic mass is 35.5. The maximum Gasteiger partial charge on any atom is 0.224 e. The lowest BCUT2D eigenvalue weighted by Gasteiger charge is -2.57. The number of carbonyl (C=O) groups excluding carboxylic acids is 1. The van der Waals surface area contributed by atoms with Crippen LogP contribution in [0.2, 0.25) is 0 Å². The van der Waals surface area contributed by atoms with E-state index in [1.165, 1.54) is 38.5 Å². The number of halogens is 1. The first-order chi connectivity index (χ1) is 9.22. The smallest absolute Gasteiger partial charge is 0.224 e. The minimum atomic E-state index is 0. The van der Waals surface area contributed by atoms with Gasteiger partial charge in [0.25, 0.3) is 0 Å². The van der Waals surface area contributed by atoms with Crippen molar-refractivity contribution < 1.29 is 4.79 Å². The summed E-state index contributed by atoms with van der Waals surface area (Å²) in [4.78, 5) is 12.2. The lowest BCUT2D eigenvalue weighted by atomic mass is 9.49. The summed E-state index contributed by atoms with van der Waals surface area (Å²) in [6.07, 6.45) is 9.65. The van der Waals surface area contributed by atoms with E-state index in [0.717, 1.165) is 43.8 Å². The van der Waals surface area contributed by atoms with E-state index in [4.69, 9.17) is 0 Å². The molecule has 20 heavy (non-hydrogen) atoms. The van der Waals surface area contributed by atoms with Crippen molar-refractivity contribution in [3.63, 3.8) is 0 Å². The number of nitrogens with one attached hydrogen (secondary N) is 2. The summed E-state index contributed by atoms with van der Waals surface area (Å²) in [5.41, 5.74) is 0.483. The average molecular weight is 299 g/mol. The van der Waals surface area contributed by atoms with Crippen molar-refractivity contribution >= 4 is 18.3 Å². The molecule has 0 spiro atoms. The first kappa shape index (κ1) is 14.6.